The monoisotopic (exact) mass is 287 g/mol. The molecule has 98 valence electrons. The molecule has 0 aliphatic carbocycles. The maximum atomic E-state index is 6.03. The lowest BCUT2D eigenvalue weighted by Gasteiger charge is -2.32. The summed E-state index contributed by atoms with van der Waals surface area (Å²) in [5.74, 6) is 0. The normalized spacial score (nSPS) is 21.4. The lowest BCUT2D eigenvalue weighted by Crippen LogP contribution is -2.41. The van der Waals surface area contributed by atoms with Gasteiger partial charge in [-0.15, -0.1) is 0 Å². The van der Waals surface area contributed by atoms with Gasteiger partial charge in [-0.3, -0.25) is 0 Å². The van der Waals surface area contributed by atoms with Crippen LogP contribution in [-0.4, -0.2) is 23.3 Å². The molecule has 3 nitrogen and oxygen atoms in total. The molecular weight excluding hydrogens is 272 g/mol. The van der Waals surface area contributed by atoms with E-state index in [4.69, 9.17) is 32.5 Å². The fourth-order valence-corrected chi connectivity index (χ4v) is 2.23. The van der Waals surface area contributed by atoms with E-state index in [1.165, 1.54) is 0 Å². The van der Waals surface area contributed by atoms with Crippen LogP contribution < -0.4 is 5.46 Å². The zero-order valence-electron chi connectivity index (χ0n) is 11.2. The summed E-state index contributed by atoms with van der Waals surface area (Å²) in [4.78, 5) is 4.00. The number of hydrogen-bond acceptors (Lipinski definition) is 3. The van der Waals surface area contributed by atoms with Crippen molar-refractivity contribution in [2.75, 3.05) is 0 Å². The van der Waals surface area contributed by atoms with Crippen LogP contribution in [0.4, 0.5) is 0 Å². The molecule has 0 unspecified atom stereocenters. The fraction of sp³-hybridized carbons (Fsp3) is 0.583. The second-order valence-corrected chi connectivity index (χ2v) is 6.28. The summed E-state index contributed by atoms with van der Waals surface area (Å²) < 4.78 is 11.9. The first-order valence-electron chi connectivity index (χ1n) is 5.82. The Morgan fingerprint density at radius 2 is 1.61 bits per heavy atom. The van der Waals surface area contributed by atoms with Gasteiger partial charge >= 0.3 is 7.12 Å². The Kier molecular flexibility index (Phi) is 3.44. The molecule has 0 aromatic carbocycles. The lowest BCUT2D eigenvalue weighted by atomic mass is 9.77. The van der Waals surface area contributed by atoms with Crippen molar-refractivity contribution in [3.63, 3.8) is 0 Å². The highest BCUT2D eigenvalue weighted by atomic mass is 35.5. The first kappa shape index (κ1) is 14.1. The standard InChI is InChI=1S/C12H16BCl2NO2/c1-7-8(6-9(14)16-10(7)15)13-17-11(2,3)12(4,5)18-13/h6H,1-5H3. The Hall–Kier alpha value is -0.285. The molecule has 18 heavy (non-hydrogen) atoms. The molecule has 2 rings (SSSR count). The minimum absolute atomic E-state index is 0.343. The Balaban J connectivity index is 2.41. The Bertz CT molecular complexity index is 475. The zero-order chi connectivity index (χ0) is 13.7. The number of nitrogens with zero attached hydrogens (tertiary/aromatic N) is 1. The van der Waals surface area contributed by atoms with Crippen LogP contribution in [0.15, 0.2) is 6.07 Å². The van der Waals surface area contributed by atoms with Crippen molar-refractivity contribution in [3.05, 3.63) is 21.9 Å². The minimum Gasteiger partial charge on any atom is -0.399 e. The van der Waals surface area contributed by atoms with Crippen molar-refractivity contribution in [1.29, 1.82) is 0 Å². The molecule has 1 aromatic heterocycles. The van der Waals surface area contributed by atoms with Crippen LogP contribution >= 0.6 is 23.2 Å². The predicted molar refractivity (Wildman–Crippen MR) is 74.7 cm³/mol. The smallest absolute Gasteiger partial charge is 0.399 e. The van der Waals surface area contributed by atoms with Gasteiger partial charge in [0, 0.05) is 0 Å². The first-order chi connectivity index (χ1) is 8.14. The van der Waals surface area contributed by atoms with E-state index in [0.29, 0.717) is 10.3 Å². The zero-order valence-corrected chi connectivity index (χ0v) is 12.7. The van der Waals surface area contributed by atoms with Crippen LogP contribution in [0.5, 0.6) is 0 Å². The van der Waals surface area contributed by atoms with E-state index in [1.807, 2.05) is 34.6 Å². The molecule has 2 heterocycles. The first-order valence-corrected chi connectivity index (χ1v) is 6.58. The quantitative estimate of drug-likeness (QED) is 0.588. The summed E-state index contributed by atoms with van der Waals surface area (Å²) in [5.41, 5.74) is 0.900. The Morgan fingerprint density at radius 1 is 1.11 bits per heavy atom. The Labute approximate surface area is 118 Å². The fourth-order valence-electron chi connectivity index (χ4n) is 1.78. The molecule has 6 heteroatoms. The van der Waals surface area contributed by atoms with Gasteiger partial charge in [0.1, 0.15) is 10.3 Å². The van der Waals surface area contributed by atoms with E-state index in [0.717, 1.165) is 11.0 Å². The van der Waals surface area contributed by atoms with Crippen LogP contribution in [0.1, 0.15) is 33.3 Å². The number of rotatable bonds is 1. The highest BCUT2D eigenvalue weighted by Gasteiger charge is 2.52. The summed E-state index contributed by atoms with van der Waals surface area (Å²) >= 11 is 12.0. The molecule has 0 radical (unpaired) electrons. The van der Waals surface area contributed by atoms with Gasteiger partial charge < -0.3 is 9.31 Å². The molecule has 0 spiro atoms. The van der Waals surface area contributed by atoms with Crippen molar-refractivity contribution < 1.29 is 9.31 Å². The average molecular weight is 288 g/mol. The maximum Gasteiger partial charge on any atom is 0.495 e. The molecule has 1 aliphatic rings. The predicted octanol–water partition coefficient (Wildman–Crippen LogP) is 3.00. The lowest BCUT2D eigenvalue weighted by molar-refractivity contribution is 0.00578. The number of aromatic nitrogens is 1. The van der Waals surface area contributed by atoms with Gasteiger partial charge in [0.05, 0.1) is 11.2 Å². The molecule has 1 saturated heterocycles. The van der Waals surface area contributed by atoms with E-state index >= 15 is 0 Å². The molecular formula is C12H16BCl2NO2. The summed E-state index contributed by atoms with van der Waals surface area (Å²) in [7, 11) is -0.465. The van der Waals surface area contributed by atoms with E-state index < -0.39 is 7.12 Å². The third-order valence-corrected chi connectivity index (χ3v) is 4.29. The summed E-state index contributed by atoms with van der Waals surface area (Å²) in [5, 5.41) is 0.725. The van der Waals surface area contributed by atoms with Crippen LogP contribution in [0.3, 0.4) is 0 Å². The third kappa shape index (κ3) is 2.27. The van der Waals surface area contributed by atoms with Gasteiger partial charge in [0.2, 0.25) is 0 Å². The minimum atomic E-state index is -0.465. The third-order valence-electron chi connectivity index (χ3n) is 3.73. The van der Waals surface area contributed by atoms with E-state index in [2.05, 4.69) is 4.98 Å². The molecule has 0 atom stereocenters. The average Bonchev–Trinajstić information content (AvgIpc) is 2.42. The van der Waals surface area contributed by atoms with Crippen LogP contribution in [0.2, 0.25) is 10.3 Å². The molecule has 1 fully saturated rings. The maximum absolute atomic E-state index is 6.03. The van der Waals surface area contributed by atoms with Crippen LogP contribution in [-0.2, 0) is 9.31 Å². The molecule has 1 aromatic rings. The van der Waals surface area contributed by atoms with Crippen molar-refractivity contribution in [2.45, 2.75) is 45.8 Å². The van der Waals surface area contributed by atoms with Gasteiger partial charge in [-0.2, -0.15) is 0 Å². The van der Waals surface area contributed by atoms with Crippen LogP contribution in [0.25, 0.3) is 0 Å². The van der Waals surface area contributed by atoms with Crippen molar-refractivity contribution in [2.24, 2.45) is 0 Å². The Morgan fingerprint density at radius 3 is 2.11 bits per heavy atom. The molecule has 0 bridgehead atoms. The summed E-state index contributed by atoms with van der Waals surface area (Å²) in [6.45, 7) is 9.91. The summed E-state index contributed by atoms with van der Waals surface area (Å²) in [6, 6.07) is 1.74. The van der Waals surface area contributed by atoms with E-state index in [9.17, 15) is 0 Å². The summed E-state index contributed by atoms with van der Waals surface area (Å²) in [6.07, 6.45) is 0. The molecule has 0 N–H and O–H groups in total. The largest absolute Gasteiger partial charge is 0.495 e. The van der Waals surface area contributed by atoms with Crippen molar-refractivity contribution in [3.8, 4) is 0 Å². The van der Waals surface area contributed by atoms with Gasteiger partial charge in [-0.25, -0.2) is 4.98 Å². The number of hydrogen-bond donors (Lipinski definition) is 0. The second-order valence-electron chi connectivity index (χ2n) is 5.54. The second kappa shape index (κ2) is 4.38. The molecule has 0 amide bonds. The van der Waals surface area contributed by atoms with E-state index in [-0.39, 0.29) is 11.2 Å². The van der Waals surface area contributed by atoms with Crippen molar-refractivity contribution in [1.82, 2.24) is 4.98 Å². The highest BCUT2D eigenvalue weighted by Crippen LogP contribution is 2.37. The SMILES string of the molecule is Cc1c(B2OC(C)(C)C(C)(C)O2)cc(Cl)nc1Cl. The number of pyridine rings is 1. The van der Waals surface area contributed by atoms with Gasteiger partial charge in [0.25, 0.3) is 0 Å². The molecule has 0 saturated carbocycles. The number of halogens is 2. The molecule has 1 aliphatic heterocycles. The van der Waals surface area contributed by atoms with Crippen molar-refractivity contribution >= 4 is 35.8 Å². The van der Waals surface area contributed by atoms with Crippen LogP contribution in [0, 0.1) is 6.92 Å². The van der Waals surface area contributed by atoms with E-state index in [1.54, 1.807) is 6.07 Å². The topological polar surface area (TPSA) is 31.4 Å². The highest BCUT2D eigenvalue weighted by molar-refractivity contribution is 6.63. The van der Waals surface area contributed by atoms with Gasteiger partial charge in [-0.05, 0) is 51.7 Å². The van der Waals surface area contributed by atoms with Gasteiger partial charge in [0.15, 0.2) is 0 Å². The van der Waals surface area contributed by atoms with Gasteiger partial charge in [-0.1, -0.05) is 23.2 Å².